The van der Waals surface area contributed by atoms with E-state index < -0.39 is 4.92 Å². The highest BCUT2D eigenvalue weighted by Crippen LogP contribution is 2.30. The minimum Gasteiger partial charge on any atom is -0.379 e. The van der Waals surface area contributed by atoms with Crippen LogP contribution in [0, 0.1) is 10.1 Å². The van der Waals surface area contributed by atoms with Crippen LogP contribution in [0.1, 0.15) is 0 Å². The Morgan fingerprint density at radius 3 is 2.30 bits per heavy atom. The van der Waals surface area contributed by atoms with Crippen molar-refractivity contribution < 1.29 is 14.4 Å². The summed E-state index contributed by atoms with van der Waals surface area (Å²) in [5.41, 5.74) is 0.882. The van der Waals surface area contributed by atoms with Gasteiger partial charge < -0.3 is 9.47 Å². The zero-order valence-electron chi connectivity index (χ0n) is 15.1. The fourth-order valence-electron chi connectivity index (χ4n) is 3.75. The number of nitro benzene ring substituents is 1. The first-order valence-corrected chi connectivity index (χ1v) is 9.29. The average molecular weight is 376 g/mol. The molecule has 0 aliphatic carbocycles. The Kier molecular flexibility index (Phi) is 5.58. The molecule has 0 radical (unpaired) electrons. The predicted octanol–water partition coefficient (Wildman–Crippen LogP) is 1.14. The van der Waals surface area contributed by atoms with Crippen LogP contribution >= 0.6 is 0 Å². The number of hydrogen-bond donors (Lipinski definition) is 0. The van der Waals surface area contributed by atoms with Gasteiger partial charge >= 0.3 is 0 Å². The molecule has 0 spiro atoms. The summed E-state index contributed by atoms with van der Waals surface area (Å²) in [6.07, 6.45) is -0.0156. The highest BCUT2D eigenvalue weighted by molar-refractivity contribution is 5.51. The molecular weight excluding hydrogens is 352 g/mol. The minimum absolute atomic E-state index is 0.0105. The Morgan fingerprint density at radius 2 is 1.67 bits per heavy atom. The van der Waals surface area contributed by atoms with Crippen molar-refractivity contribution in [2.75, 3.05) is 64.2 Å². The number of nitrogens with zero attached hydrogens (tertiary/aromatic N) is 6. The molecule has 1 aromatic rings. The van der Waals surface area contributed by atoms with Gasteiger partial charge in [-0.3, -0.25) is 19.9 Å². The molecule has 0 unspecified atom stereocenters. The second-order valence-electron chi connectivity index (χ2n) is 6.87. The fourth-order valence-corrected chi connectivity index (χ4v) is 3.75. The molecule has 0 saturated carbocycles. The highest BCUT2D eigenvalue weighted by Gasteiger charge is 2.40. The average Bonchev–Trinajstić information content (AvgIpc) is 3.13. The van der Waals surface area contributed by atoms with Gasteiger partial charge in [0.1, 0.15) is 12.2 Å². The molecule has 10 heteroatoms. The lowest BCUT2D eigenvalue weighted by Gasteiger charge is -2.39. The van der Waals surface area contributed by atoms with E-state index in [0.717, 1.165) is 51.6 Å². The van der Waals surface area contributed by atoms with Crippen LogP contribution in [0.2, 0.25) is 0 Å². The van der Waals surface area contributed by atoms with Crippen LogP contribution in [0.15, 0.2) is 34.6 Å². The van der Waals surface area contributed by atoms with E-state index in [1.165, 1.54) is 12.1 Å². The van der Waals surface area contributed by atoms with Crippen LogP contribution in [0.5, 0.6) is 0 Å². The summed E-state index contributed by atoms with van der Waals surface area (Å²) >= 11 is 0. The number of anilines is 1. The number of nitro groups is 1. The Bertz CT molecular complexity index is 673. The molecule has 10 nitrogen and oxygen atoms in total. The zero-order chi connectivity index (χ0) is 18.6. The number of ether oxygens (including phenoxy) is 2. The van der Waals surface area contributed by atoms with Crippen molar-refractivity contribution in [3.63, 3.8) is 0 Å². The van der Waals surface area contributed by atoms with Crippen LogP contribution in [0.25, 0.3) is 0 Å². The van der Waals surface area contributed by atoms with Gasteiger partial charge in [-0.15, -0.1) is 0 Å². The smallest absolute Gasteiger partial charge is 0.269 e. The maximum Gasteiger partial charge on any atom is 0.269 e. The van der Waals surface area contributed by atoms with E-state index in [-0.39, 0.29) is 17.9 Å². The lowest BCUT2D eigenvalue weighted by molar-refractivity contribution is -0.384. The highest BCUT2D eigenvalue weighted by atomic mass is 16.6. The van der Waals surface area contributed by atoms with E-state index >= 15 is 0 Å². The molecule has 2 saturated heterocycles. The van der Waals surface area contributed by atoms with E-state index in [2.05, 4.69) is 20.1 Å². The third-order valence-corrected chi connectivity index (χ3v) is 5.18. The normalized spacial score (nSPS) is 27.2. The Balaban J connectivity index is 1.54. The molecule has 0 bridgehead atoms. The third kappa shape index (κ3) is 4.08. The van der Waals surface area contributed by atoms with Crippen LogP contribution in [-0.4, -0.2) is 86.1 Å². The lowest BCUT2D eigenvalue weighted by Crippen LogP contribution is -2.56. The van der Waals surface area contributed by atoms with Crippen molar-refractivity contribution in [1.82, 2.24) is 9.80 Å². The predicted molar refractivity (Wildman–Crippen MR) is 97.7 cm³/mol. The molecule has 3 aliphatic rings. The molecular formula is C17H24N6O4. The van der Waals surface area contributed by atoms with Crippen LogP contribution in [-0.2, 0) is 9.47 Å². The topological polar surface area (TPSA) is 96.0 Å². The van der Waals surface area contributed by atoms with Gasteiger partial charge in [0.25, 0.3) is 5.69 Å². The first kappa shape index (κ1) is 18.2. The molecule has 3 aliphatic heterocycles. The molecule has 3 heterocycles. The van der Waals surface area contributed by atoms with E-state index in [9.17, 15) is 10.1 Å². The van der Waals surface area contributed by atoms with Gasteiger partial charge in [-0.05, 0) is 12.1 Å². The Hall–Kier alpha value is -2.14. The molecule has 146 valence electrons. The van der Waals surface area contributed by atoms with Crippen molar-refractivity contribution in [2.24, 2.45) is 10.3 Å². The van der Waals surface area contributed by atoms with Crippen LogP contribution < -0.4 is 5.01 Å². The second kappa shape index (κ2) is 8.26. The quantitative estimate of drug-likeness (QED) is 0.562. The number of non-ortho nitro benzene ring substituents is 1. The van der Waals surface area contributed by atoms with Crippen LogP contribution in [0.4, 0.5) is 11.4 Å². The maximum atomic E-state index is 10.9. The maximum absolute atomic E-state index is 10.9. The molecule has 1 aromatic carbocycles. The van der Waals surface area contributed by atoms with Gasteiger partial charge in [0.2, 0.25) is 0 Å². The molecule has 2 fully saturated rings. The molecule has 2 atom stereocenters. The number of morpholine rings is 2. The van der Waals surface area contributed by atoms with Crippen molar-refractivity contribution in [2.45, 2.75) is 12.2 Å². The molecule has 0 amide bonds. The second-order valence-corrected chi connectivity index (χ2v) is 6.87. The summed E-state index contributed by atoms with van der Waals surface area (Å²) in [4.78, 5) is 15.2. The molecule has 0 N–H and O–H groups in total. The van der Waals surface area contributed by atoms with Gasteiger partial charge in [-0.1, -0.05) is 5.22 Å². The van der Waals surface area contributed by atoms with E-state index in [0.29, 0.717) is 13.2 Å². The van der Waals surface area contributed by atoms with Gasteiger partial charge in [0.15, 0.2) is 0 Å². The summed E-state index contributed by atoms with van der Waals surface area (Å²) in [7, 11) is 0. The molecule has 4 rings (SSSR count). The summed E-state index contributed by atoms with van der Waals surface area (Å²) in [6, 6.07) is 6.51. The van der Waals surface area contributed by atoms with Crippen LogP contribution in [0.3, 0.4) is 0 Å². The Labute approximate surface area is 157 Å². The van der Waals surface area contributed by atoms with Gasteiger partial charge in [0.05, 0.1) is 37.0 Å². The summed E-state index contributed by atoms with van der Waals surface area (Å²) in [6.45, 7) is 7.13. The van der Waals surface area contributed by atoms with Crippen molar-refractivity contribution >= 4 is 11.4 Å². The summed E-state index contributed by atoms with van der Waals surface area (Å²) in [5, 5.41) is 21.8. The fraction of sp³-hybridized carbons (Fsp3) is 0.647. The standard InChI is InChI=1S/C17H24N6O4/c24-23(25)15-3-1-14(2-4-15)22-17(21-7-11-27-12-8-21)16(18-19-22)13-20-5-9-26-10-6-20/h1-4,16-17H,5-13H2/t16-,17-/m0/s1. The zero-order valence-corrected chi connectivity index (χ0v) is 15.1. The summed E-state index contributed by atoms with van der Waals surface area (Å²) < 4.78 is 10.9. The van der Waals surface area contributed by atoms with E-state index in [1.807, 2.05) is 5.01 Å². The first-order valence-electron chi connectivity index (χ1n) is 9.29. The van der Waals surface area contributed by atoms with Gasteiger partial charge in [-0.2, -0.15) is 5.11 Å². The largest absolute Gasteiger partial charge is 0.379 e. The number of rotatable bonds is 5. The lowest BCUT2D eigenvalue weighted by atomic mass is 10.1. The first-order chi connectivity index (χ1) is 13.2. The Morgan fingerprint density at radius 1 is 1.04 bits per heavy atom. The monoisotopic (exact) mass is 376 g/mol. The number of hydrogen-bond acceptors (Lipinski definition) is 9. The SMILES string of the molecule is O=[N+]([O-])c1ccc(N2N=N[C@@H](CN3CCOCC3)[C@H]2N2CCOCC2)cc1. The summed E-state index contributed by atoms with van der Waals surface area (Å²) in [5.74, 6) is 0. The third-order valence-electron chi connectivity index (χ3n) is 5.18. The van der Waals surface area contributed by atoms with E-state index in [1.54, 1.807) is 12.1 Å². The number of benzene rings is 1. The molecule has 0 aromatic heterocycles. The molecule has 27 heavy (non-hydrogen) atoms. The van der Waals surface area contributed by atoms with Gasteiger partial charge in [0, 0.05) is 44.9 Å². The van der Waals surface area contributed by atoms with E-state index in [4.69, 9.17) is 9.47 Å². The van der Waals surface area contributed by atoms with Crippen molar-refractivity contribution in [1.29, 1.82) is 0 Å². The van der Waals surface area contributed by atoms with Gasteiger partial charge in [-0.25, -0.2) is 5.01 Å². The van der Waals surface area contributed by atoms with Crippen molar-refractivity contribution in [3.05, 3.63) is 34.4 Å². The minimum atomic E-state index is -0.393. The van der Waals surface area contributed by atoms with Crippen molar-refractivity contribution in [3.8, 4) is 0 Å².